The van der Waals surface area contributed by atoms with Crippen LogP contribution in [0.25, 0.3) is 0 Å². The Morgan fingerprint density at radius 3 is 2.25 bits per heavy atom. The number of nitrogens with zero attached hydrogens (tertiary/aromatic N) is 1. The van der Waals surface area contributed by atoms with Gasteiger partial charge in [0.25, 0.3) is 0 Å². The number of aromatic nitrogens is 1. The molecule has 5 aliphatic carbocycles. The molecule has 3 heteroatoms. The largest absolute Gasteiger partial charge is 0.351 e. The van der Waals surface area contributed by atoms with Crippen molar-refractivity contribution in [1.29, 1.82) is 0 Å². The van der Waals surface area contributed by atoms with Crippen molar-refractivity contribution in [2.45, 2.75) is 77.8 Å². The first kappa shape index (κ1) is 15.0. The maximum absolute atomic E-state index is 13.1. The molecule has 0 aliphatic heterocycles. The number of carbonyl (C=O) groups excluding carboxylic acids is 1. The topological polar surface area (TPSA) is 34.0 Å². The van der Waals surface area contributed by atoms with Crippen LogP contribution in [0.1, 0.15) is 74.4 Å². The molecule has 3 nitrogen and oxygen atoms in total. The summed E-state index contributed by atoms with van der Waals surface area (Å²) in [7, 11) is 0. The first-order valence-corrected chi connectivity index (χ1v) is 10.00. The van der Waals surface area contributed by atoms with Crippen LogP contribution in [0, 0.1) is 37.0 Å². The van der Waals surface area contributed by atoms with E-state index < -0.39 is 0 Å². The Kier molecular flexibility index (Phi) is 3.21. The average molecular weight is 326 g/mol. The zero-order valence-electron chi connectivity index (χ0n) is 15.1. The minimum Gasteiger partial charge on any atom is -0.351 e. The molecule has 1 heterocycles. The summed E-state index contributed by atoms with van der Waals surface area (Å²) in [5.41, 5.74) is 4.02. The van der Waals surface area contributed by atoms with E-state index in [-0.39, 0.29) is 5.41 Å². The number of rotatable bonds is 4. The van der Waals surface area contributed by atoms with Gasteiger partial charge in [-0.05, 0) is 94.6 Å². The molecular formula is C21H30N2O. The Morgan fingerprint density at radius 2 is 1.71 bits per heavy atom. The summed E-state index contributed by atoms with van der Waals surface area (Å²) in [5.74, 6) is 2.86. The van der Waals surface area contributed by atoms with E-state index >= 15 is 0 Å². The summed E-state index contributed by atoms with van der Waals surface area (Å²) in [5, 5.41) is 3.34. The molecular weight excluding hydrogens is 296 g/mol. The van der Waals surface area contributed by atoms with Crippen molar-refractivity contribution in [3.63, 3.8) is 0 Å². The predicted molar refractivity (Wildman–Crippen MR) is 94.6 cm³/mol. The second-order valence-electron chi connectivity index (χ2n) is 9.38. The lowest BCUT2D eigenvalue weighted by molar-refractivity contribution is -0.146. The summed E-state index contributed by atoms with van der Waals surface area (Å²) in [6.45, 7) is 5.14. The van der Waals surface area contributed by atoms with Crippen LogP contribution in [-0.2, 0) is 11.3 Å². The summed E-state index contributed by atoms with van der Waals surface area (Å²) in [6.07, 6.45) is 10.3. The summed E-state index contributed by atoms with van der Waals surface area (Å²) < 4.78 is 2.48. The van der Waals surface area contributed by atoms with E-state index in [9.17, 15) is 4.79 Å². The van der Waals surface area contributed by atoms with Gasteiger partial charge in [-0.15, -0.1) is 0 Å². The first-order chi connectivity index (χ1) is 11.5. The van der Waals surface area contributed by atoms with Crippen molar-refractivity contribution in [3.8, 4) is 0 Å². The molecule has 5 aliphatic rings. The van der Waals surface area contributed by atoms with Crippen LogP contribution in [-0.4, -0.2) is 10.5 Å². The molecule has 5 fully saturated rings. The van der Waals surface area contributed by atoms with Crippen molar-refractivity contribution in [1.82, 2.24) is 9.88 Å². The Bertz CT molecular complexity index is 647. The second-order valence-corrected chi connectivity index (χ2v) is 9.38. The van der Waals surface area contributed by atoms with Crippen molar-refractivity contribution in [2.75, 3.05) is 0 Å². The molecule has 4 bridgehead atoms. The van der Waals surface area contributed by atoms with E-state index in [0.717, 1.165) is 43.1 Å². The summed E-state index contributed by atoms with van der Waals surface area (Å²) in [6, 6.07) is 3.01. The lowest BCUT2D eigenvalue weighted by Crippen LogP contribution is -2.53. The minimum absolute atomic E-state index is 0.0171. The van der Waals surface area contributed by atoms with Crippen LogP contribution in [0.15, 0.2) is 6.07 Å². The Labute approximate surface area is 145 Å². The van der Waals surface area contributed by atoms with Gasteiger partial charge in [0, 0.05) is 29.4 Å². The zero-order chi connectivity index (χ0) is 16.5. The van der Waals surface area contributed by atoms with Gasteiger partial charge in [-0.2, -0.15) is 0 Å². The molecule has 0 atom stereocenters. The highest BCUT2D eigenvalue weighted by Gasteiger charge is 2.54. The number of nitrogens with one attached hydrogen (secondary N) is 1. The van der Waals surface area contributed by atoms with Gasteiger partial charge in [-0.3, -0.25) is 4.79 Å². The molecule has 5 saturated carbocycles. The fourth-order valence-corrected chi connectivity index (χ4v) is 6.67. The Balaban J connectivity index is 1.30. The molecule has 1 aromatic heterocycles. The van der Waals surface area contributed by atoms with E-state index in [2.05, 4.69) is 29.8 Å². The number of hydrogen-bond donors (Lipinski definition) is 1. The first-order valence-electron chi connectivity index (χ1n) is 10.00. The highest BCUT2D eigenvalue weighted by Crippen LogP contribution is 2.60. The molecule has 0 saturated heterocycles. The number of hydrogen-bond acceptors (Lipinski definition) is 1. The van der Waals surface area contributed by atoms with Gasteiger partial charge in [-0.1, -0.05) is 0 Å². The van der Waals surface area contributed by atoms with Crippen LogP contribution >= 0.6 is 0 Å². The standard InChI is InChI=1S/C21H30N2O/c1-13-5-18(14(2)23(13)19-3-4-19)12-22-20(24)21-9-15-6-16(10-21)8-17(7-15)11-21/h5,15-17,19H,3-4,6-12H2,1-2H3,(H,22,24). The SMILES string of the molecule is Cc1cc(CNC(=O)C23CC4CC(CC(C4)C2)C3)c(C)n1C1CC1. The highest BCUT2D eigenvalue weighted by atomic mass is 16.2. The fraction of sp³-hybridized carbons (Fsp3) is 0.762. The Morgan fingerprint density at radius 1 is 1.12 bits per heavy atom. The maximum atomic E-state index is 13.1. The van der Waals surface area contributed by atoms with Gasteiger partial charge in [0.15, 0.2) is 0 Å². The fourth-order valence-electron chi connectivity index (χ4n) is 6.67. The van der Waals surface area contributed by atoms with Gasteiger partial charge in [0.05, 0.1) is 0 Å². The average Bonchev–Trinajstić information content (AvgIpc) is 3.30. The third-order valence-electron chi connectivity index (χ3n) is 7.46. The normalized spacial score (nSPS) is 37.0. The van der Waals surface area contributed by atoms with Crippen LogP contribution < -0.4 is 5.32 Å². The van der Waals surface area contributed by atoms with Crippen molar-refractivity contribution < 1.29 is 4.79 Å². The van der Waals surface area contributed by atoms with Gasteiger partial charge in [-0.25, -0.2) is 0 Å². The lowest BCUT2D eigenvalue weighted by atomic mass is 9.49. The van der Waals surface area contributed by atoms with Gasteiger partial charge in [0.2, 0.25) is 5.91 Å². The van der Waals surface area contributed by atoms with Crippen LogP contribution in [0.3, 0.4) is 0 Å². The minimum atomic E-state index is -0.0171. The number of aryl methyl sites for hydroxylation is 1. The molecule has 1 amide bonds. The van der Waals surface area contributed by atoms with Crippen molar-refractivity contribution >= 4 is 5.91 Å². The van der Waals surface area contributed by atoms with E-state index in [1.807, 2.05) is 0 Å². The van der Waals surface area contributed by atoms with Crippen molar-refractivity contribution in [3.05, 3.63) is 23.0 Å². The highest BCUT2D eigenvalue weighted by molar-refractivity contribution is 5.83. The predicted octanol–water partition coefficient (Wildman–Crippen LogP) is 4.27. The van der Waals surface area contributed by atoms with Gasteiger partial charge in [0.1, 0.15) is 0 Å². The number of carbonyl (C=O) groups is 1. The lowest BCUT2D eigenvalue weighted by Gasteiger charge is -2.55. The summed E-state index contributed by atoms with van der Waals surface area (Å²) >= 11 is 0. The molecule has 0 spiro atoms. The van der Waals surface area contributed by atoms with Crippen LogP contribution in [0.4, 0.5) is 0 Å². The molecule has 130 valence electrons. The Hall–Kier alpha value is -1.25. The number of amides is 1. The molecule has 0 aromatic carbocycles. The van der Waals surface area contributed by atoms with E-state index in [1.165, 1.54) is 49.1 Å². The monoisotopic (exact) mass is 326 g/mol. The van der Waals surface area contributed by atoms with Crippen molar-refractivity contribution in [2.24, 2.45) is 23.2 Å². The van der Waals surface area contributed by atoms with Crippen LogP contribution in [0.5, 0.6) is 0 Å². The summed E-state index contributed by atoms with van der Waals surface area (Å²) in [4.78, 5) is 13.1. The quantitative estimate of drug-likeness (QED) is 0.881. The third kappa shape index (κ3) is 2.27. The maximum Gasteiger partial charge on any atom is 0.226 e. The van der Waals surface area contributed by atoms with Gasteiger partial charge < -0.3 is 9.88 Å². The zero-order valence-corrected chi connectivity index (χ0v) is 15.1. The van der Waals surface area contributed by atoms with Gasteiger partial charge >= 0.3 is 0 Å². The molecule has 1 aromatic rings. The molecule has 0 radical (unpaired) electrons. The van der Waals surface area contributed by atoms with E-state index in [0.29, 0.717) is 12.5 Å². The molecule has 1 N–H and O–H groups in total. The smallest absolute Gasteiger partial charge is 0.226 e. The molecule has 6 rings (SSSR count). The molecule has 0 unspecified atom stereocenters. The van der Waals surface area contributed by atoms with Crippen LogP contribution in [0.2, 0.25) is 0 Å². The van der Waals surface area contributed by atoms with E-state index in [4.69, 9.17) is 0 Å². The molecule has 24 heavy (non-hydrogen) atoms. The van der Waals surface area contributed by atoms with E-state index in [1.54, 1.807) is 0 Å². The second kappa shape index (κ2) is 5.12. The third-order valence-corrected chi connectivity index (χ3v) is 7.46.